The van der Waals surface area contributed by atoms with Gasteiger partial charge >= 0.3 is 0 Å². The first-order valence-electron chi connectivity index (χ1n) is 2.04. The number of hydrogen-bond acceptors (Lipinski definition) is 2. The normalized spacial score (nSPS) is 7.57. The minimum atomic E-state index is 0.589. The van der Waals surface area contributed by atoms with E-state index in [9.17, 15) is 4.79 Å². The van der Waals surface area contributed by atoms with Gasteiger partial charge in [0, 0.05) is 0 Å². The number of nitrogens with one attached hydrogen (secondary N) is 1. The molecule has 0 bridgehead atoms. The van der Waals surface area contributed by atoms with Gasteiger partial charge in [0.2, 0.25) is 6.41 Å². The van der Waals surface area contributed by atoms with Crippen molar-refractivity contribution in [2.45, 2.75) is 13.3 Å². The zero-order chi connectivity index (χ0) is 5.70. The van der Waals surface area contributed by atoms with Gasteiger partial charge in [-0.1, -0.05) is 19.1 Å². The maximum absolute atomic E-state index is 9.58. The first-order valence-corrected chi connectivity index (χ1v) is 2.45. The van der Waals surface area contributed by atoms with Crippen LogP contribution in [-0.4, -0.2) is 11.4 Å². The Morgan fingerprint density at radius 3 is 2.71 bits per heavy atom. The molecule has 0 aliphatic carbocycles. The molecule has 0 atom stereocenters. The highest BCUT2D eigenvalue weighted by atomic mass is 32.1. The van der Waals surface area contributed by atoms with E-state index in [2.05, 4.69) is 17.5 Å². The molecule has 40 valence electrons. The van der Waals surface area contributed by atoms with Gasteiger partial charge in [0.25, 0.3) is 0 Å². The zero-order valence-electron chi connectivity index (χ0n) is 4.10. The Labute approximate surface area is 47.9 Å². The van der Waals surface area contributed by atoms with Crippen LogP contribution in [0.1, 0.15) is 13.3 Å². The van der Waals surface area contributed by atoms with Crippen molar-refractivity contribution in [3.05, 3.63) is 0 Å². The lowest BCUT2D eigenvalue weighted by molar-refractivity contribution is -0.108. The fraction of sp³-hybridized carbons (Fsp3) is 0.500. The summed E-state index contributed by atoms with van der Waals surface area (Å²) in [6.07, 6.45) is 1.32. The second kappa shape index (κ2) is 3.74. The van der Waals surface area contributed by atoms with Crippen molar-refractivity contribution in [3.8, 4) is 0 Å². The molecule has 3 heteroatoms. The minimum absolute atomic E-state index is 0.589. The molecule has 0 radical (unpaired) electrons. The Hall–Kier alpha value is -0.440. The monoisotopic (exact) mass is 117 g/mol. The lowest BCUT2D eigenvalue weighted by Gasteiger charge is -1.90. The van der Waals surface area contributed by atoms with Crippen molar-refractivity contribution in [2.75, 3.05) is 0 Å². The standard InChI is InChI=1S/C4H7NOS/c1-2-4(7)5-3-6/h3H,2H2,1H3,(H,5,6,7). The predicted molar refractivity (Wildman–Crippen MR) is 32.1 cm³/mol. The third-order valence-electron chi connectivity index (χ3n) is 0.541. The Bertz CT molecular complexity index is 81.8. The second-order valence-electron chi connectivity index (χ2n) is 1.04. The summed E-state index contributed by atoms with van der Waals surface area (Å²) in [7, 11) is 0. The summed E-state index contributed by atoms with van der Waals surface area (Å²) in [5.74, 6) is 0. The molecular weight excluding hydrogens is 110 g/mol. The van der Waals surface area contributed by atoms with Gasteiger partial charge in [-0.05, 0) is 6.42 Å². The van der Waals surface area contributed by atoms with Crippen LogP contribution in [0.25, 0.3) is 0 Å². The summed E-state index contributed by atoms with van der Waals surface area (Å²) in [6, 6.07) is 0. The average Bonchev–Trinajstić information content (AvgIpc) is 1.68. The molecule has 0 fully saturated rings. The third-order valence-corrected chi connectivity index (χ3v) is 0.948. The first kappa shape index (κ1) is 6.56. The molecule has 0 aromatic rings. The highest BCUT2D eigenvalue weighted by Gasteiger charge is 1.83. The molecule has 0 rings (SSSR count). The van der Waals surface area contributed by atoms with E-state index in [-0.39, 0.29) is 0 Å². The van der Waals surface area contributed by atoms with Crippen LogP contribution < -0.4 is 5.32 Å². The maximum atomic E-state index is 9.58. The highest BCUT2D eigenvalue weighted by molar-refractivity contribution is 7.80. The average molecular weight is 117 g/mol. The first-order chi connectivity index (χ1) is 3.31. The van der Waals surface area contributed by atoms with Gasteiger partial charge in [0.05, 0.1) is 4.99 Å². The van der Waals surface area contributed by atoms with Gasteiger partial charge in [0.15, 0.2) is 0 Å². The second-order valence-corrected chi connectivity index (χ2v) is 1.53. The van der Waals surface area contributed by atoms with Gasteiger partial charge in [0.1, 0.15) is 0 Å². The zero-order valence-corrected chi connectivity index (χ0v) is 4.92. The van der Waals surface area contributed by atoms with Gasteiger partial charge in [-0.3, -0.25) is 4.79 Å². The summed E-state index contributed by atoms with van der Waals surface area (Å²) >= 11 is 4.61. The molecular formula is C4H7NOS. The van der Waals surface area contributed by atoms with E-state index < -0.39 is 0 Å². The molecule has 0 aliphatic heterocycles. The van der Waals surface area contributed by atoms with Crippen molar-refractivity contribution in [1.29, 1.82) is 0 Å². The van der Waals surface area contributed by atoms with Crippen LogP contribution in [-0.2, 0) is 4.79 Å². The summed E-state index contributed by atoms with van der Waals surface area (Å²) in [4.78, 5) is 10.2. The molecule has 2 nitrogen and oxygen atoms in total. The lowest BCUT2D eigenvalue weighted by Crippen LogP contribution is -2.17. The van der Waals surface area contributed by atoms with E-state index in [1.54, 1.807) is 0 Å². The Morgan fingerprint density at radius 2 is 2.57 bits per heavy atom. The topological polar surface area (TPSA) is 29.1 Å². The number of amides is 1. The van der Waals surface area contributed by atoms with Crippen molar-refractivity contribution < 1.29 is 4.79 Å². The minimum Gasteiger partial charge on any atom is -0.323 e. The summed E-state index contributed by atoms with van der Waals surface area (Å²) in [6.45, 7) is 1.89. The smallest absolute Gasteiger partial charge is 0.211 e. The molecule has 7 heavy (non-hydrogen) atoms. The molecule has 1 N–H and O–H groups in total. The summed E-state index contributed by atoms with van der Waals surface area (Å²) < 4.78 is 0. The van der Waals surface area contributed by atoms with Crippen molar-refractivity contribution in [2.24, 2.45) is 0 Å². The highest BCUT2D eigenvalue weighted by Crippen LogP contribution is 1.74. The molecule has 0 aromatic heterocycles. The molecule has 0 aliphatic rings. The van der Waals surface area contributed by atoms with Crippen LogP contribution in [0.15, 0.2) is 0 Å². The largest absolute Gasteiger partial charge is 0.323 e. The Balaban J connectivity index is 3.17. The maximum Gasteiger partial charge on any atom is 0.211 e. The number of hydrogen-bond donors (Lipinski definition) is 1. The van der Waals surface area contributed by atoms with Crippen molar-refractivity contribution in [1.82, 2.24) is 5.32 Å². The summed E-state index contributed by atoms with van der Waals surface area (Å²) in [5, 5.41) is 2.35. The van der Waals surface area contributed by atoms with E-state index in [1.165, 1.54) is 0 Å². The van der Waals surface area contributed by atoms with Crippen molar-refractivity contribution in [3.63, 3.8) is 0 Å². The van der Waals surface area contributed by atoms with Crippen LogP contribution >= 0.6 is 12.2 Å². The molecule has 0 spiro atoms. The van der Waals surface area contributed by atoms with Gasteiger partial charge in [-0.2, -0.15) is 0 Å². The number of carbonyl (C=O) groups excluding carboxylic acids is 1. The number of thiocarbonyl (C=S) groups is 1. The van der Waals surface area contributed by atoms with E-state index in [1.807, 2.05) is 6.92 Å². The Morgan fingerprint density at radius 1 is 2.00 bits per heavy atom. The SMILES string of the molecule is CCC(=S)NC=O. The number of rotatable bonds is 2. The molecule has 0 saturated heterocycles. The van der Waals surface area contributed by atoms with Gasteiger partial charge in [-0.25, -0.2) is 0 Å². The quantitative estimate of drug-likeness (QED) is 0.421. The molecule has 0 saturated carbocycles. The van der Waals surface area contributed by atoms with Crippen LogP contribution in [0, 0.1) is 0 Å². The van der Waals surface area contributed by atoms with Crippen LogP contribution in [0.3, 0.4) is 0 Å². The van der Waals surface area contributed by atoms with Crippen LogP contribution in [0.5, 0.6) is 0 Å². The molecule has 0 unspecified atom stereocenters. The fourth-order valence-electron chi connectivity index (χ4n) is 0.168. The van der Waals surface area contributed by atoms with E-state index in [0.717, 1.165) is 6.42 Å². The molecule has 0 heterocycles. The van der Waals surface area contributed by atoms with E-state index in [0.29, 0.717) is 11.4 Å². The van der Waals surface area contributed by atoms with Crippen LogP contribution in [0.4, 0.5) is 0 Å². The fourth-order valence-corrected chi connectivity index (χ4v) is 0.216. The number of carbonyl (C=O) groups is 1. The molecule has 1 amide bonds. The lowest BCUT2D eigenvalue weighted by atomic mass is 10.5. The van der Waals surface area contributed by atoms with Crippen LogP contribution in [0.2, 0.25) is 0 Å². The third kappa shape index (κ3) is 3.39. The molecule has 0 aromatic carbocycles. The summed E-state index contributed by atoms with van der Waals surface area (Å²) in [5.41, 5.74) is 0. The Kier molecular flexibility index (Phi) is 3.50. The van der Waals surface area contributed by atoms with Crippen molar-refractivity contribution >= 4 is 23.6 Å². The van der Waals surface area contributed by atoms with Gasteiger partial charge in [-0.15, -0.1) is 0 Å². The predicted octanol–water partition coefficient (Wildman–Crippen LogP) is 0.470. The van der Waals surface area contributed by atoms with E-state index in [4.69, 9.17) is 0 Å². The van der Waals surface area contributed by atoms with E-state index >= 15 is 0 Å². The van der Waals surface area contributed by atoms with Gasteiger partial charge < -0.3 is 5.32 Å².